The van der Waals surface area contributed by atoms with E-state index in [-0.39, 0.29) is 5.91 Å². The minimum absolute atomic E-state index is 0.186. The zero-order valence-corrected chi connectivity index (χ0v) is 13.0. The minimum Gasteiger partial charge on any atom is -0.322 e. The molecule has 0 radical (unpaired) electrons. The molecule has 0 spiro atoms. The highest BCUT2D eigenvalue weighted by Crippen LogP contribution is 2.20. The highest BCUT2D eigenvalue weighted by atomic mass is 16.1. The molecule has 8 heteroatoms. The molecule has 4 rings (SSSR count). The first-order chi connectivity index (χ1) is 12.3. The minimum atomic E-state index is -0.186. The maximum Gasteiger partial charge on any atom is 0.255 e. The van der Waals surface area contributed by atoms with Gasteiger partial charge >= 0.3 is 0 Å². The Morgan fingerprint density at radius 1 is 1.00 bits per heavy atom. The van der Waals surface area contributed by atoms with Crippen molar-refractivity contribution in [3.8, 4) is 22.6 Å². The fourth-order valence-electron chi connectivity index (χ4n) is 2.43. The van der Waals surface area contributed by atoms with Gasteiger partial charge in [-0.3, -0.25) is 9.89 Å². The van der Waals surface area contributed by atoms with Crippen LogP contribution in [0.5, 0.6) is 0 Å². The van der Waals surface area contributed by atoms with Crippen molar-refractivity contribution >= 4 is 11.6 Å². The van der Waals surface area contributed by atoms with Gasteiger partial charge in [-0.1, -0.05) is 12.1 Å². The van der Waals surface area contributed by atoms with Crippen LogP contribution in [0, 0.1) is 0 Å². The molecule has 0 bridgehead atoms. The van der Waals surface area contributed by atoms with Gasteiger partial charge in [0, 0.05) is 28.6 Å². The van der Waals surface area contributed by atoms with Crippen LogP contribution >= 0.6 is 0 Å². The molecule has 0 saturated carbocycles. The Balaban J connectivity index is 1.51. The molecule has 8 nitrogen and oxygen atoms in total. The Labute approximate surface area is 142 Å². The van der Waals surface area contributed by atoms with Gasteiger partial charge in [-0.2, -0.15) is 10.3 Å². The van der Waals surface area contributed by atoms with Crippen molar-refractivity contribution in [2.75, 3.05) is 5.32 Å². The van der Waals surface area contributed by atoms with Crippen molar-refractivity contribution in [1.82, 2.24) is 30.8 Å². The normalized spacial score (nSPS) is 10.6. The second kappa shape index (κ2) is 6.36. The molecule has 0 unspecified atom stereocenters. The number of amides is 1. The zero-order valence-electron chi connectivity index (χ0n) is 13.0. The van der Waals surface area contributed by atoms with Gasteiger partial charge in [0.2, 0.25) is 5.82 Å². The largest absolute Gasteiger partial charge is 0.322 e. The van der Waals surface area contributed by atoms with Crippen LogP contribution in [0.25, 0.3) is 22.6 Å². The third-order valence-corrected chi connectivity index (χ3v) is 3.68. The first-order valence-corrected chi connectivity index (χ1v) is 7.55. The summed E-state index contributed by atoms with van der Waals surface area (Å²) in [6.07, 6.45) is 1.67. The number of rotatable bonds is 4. The lowest BCUT2D eigenvalue weighted by atomic mass is 10.1. The Hall–Kier alpha value is -3.81. The van der Waals surface area contributed by atoms with E-state index in [1.54, 1.807) is 24.4 Å². The quantitative estimate of drug-likeness (QED) is 0.532. The molecule has 0 saturated heterocycles. The summed E-state index contributed by atoms with van der Waals surface area (Å²) in [6, 6.07) is 16.4. The second-order valence-corrected chi connectivity index (χ2v) is 5.32. The molecule has 3 N–H and O–H groups in total. The summed E-state index contributed by atoms with van der Waals surface area (Å²) in [5.41, 5.74) is 3.82. The fraction of sp³-hybridized carbons (Fsp3) is 0. The van der Waals surface area contributed by atoms with Gasteiger partial charge < -0.3 is 5.32 Å². The molecule has 25 heavy (non-hydrogen) atoms. The van der Waals surface area contributed by atoms with Crippen LogP contribution in [-0.2, 0) is 0 Å². The Morgan fingerprint density at radius 3 is 2.60 bits per heavy atom. The third kappa shape index (κ3) is 3.13. The van der Waals surface area contributed by atoms with E-state index in [0.717, 1.165) is 16.8 Å². The smallest absolute Gasteiger partial charge is 0.255 e. The van der Waals surface area contributed by atoms with Crippen LogP contribution in [0.4, 0.5) is 5.69 Å². The number of aromatic amines is 2. The number of H-pyrrole nitrogens is 2. The van der Waals surface area contributed by atoms with E-state index in [1.807, 2.05) is 36.4 Å². The molecular formula is C17H13N7O. The lowest BCUT2D eigenvalue weighted by Gasteiger charge is -2.07. The summed E-state index contributed by atoms with van der Waals surface area (Å²) < 4.78 is 0. The number of carbonyl (C=O) groups excluding carboxylic acids is 1. The maximum absolute atomic E-state index is 12.5. The average molecular weight is 331 g/mol. The number of hydrogen-bond acceptors (Lipinski definition) is 5. The zero-order chi connectivity index (χ0) is 17.1. The van der Waals surface area contributed by atoms with Crippen LogP contribution in [0.15, 0.2) is 60.8 Å². The lowest BCUT2D eigenvalue weighted by molar-refractivity contribution is 0.102. The first kappa shape index (κ1) is 14.8. The van der Waals surface area contributed by atoms with Gasteiger partial charge in [0.05, 0.1) is 5.69 Å². The van der Waals surface area contributed by atoms with Gasteiger partial charge in [0.25, 0.3) is 5.91 Å². The van der Waals surface area contributed by atoms with E-state index in [9.17, 15) is 4.79 Å². The molecule has 2 aromatic heterocycles. The predicted octanol–water partition coefficient (Wildman–Crippen LogP) is 2.51. The summed E-state index contributed by atoms with van der Waals surface area (Å²) in [5, 5.41) is 23.5. The highest BCUT2D eigenvalue weighted by Gasteiger charge is 2.09. The number of aromatic nitrogens is 6. The van der Waals surface area contributed by atoms with Crippen LogP contribution in [0.2, 0.25) is 0 Å². The summed E-state index contributed by atoms with van der Waals surface area (Å²) in [4.78, 5) is 12.5. The van der Waals surface area contributed by atoms with E-state index in [2.05, 4.69) is 36.1 Å². The number of hydrogen-bond donors (Lipinski definition) is 3. The van der Waals surface area contributed by atoms with Crippen molar-refractivity contribution in [3.63, 3.8) is 0 Å². The van der Waals surface area contributed by atoms with E-state index in [1.165, 1.54) is 0 Å². The van der Waals surface area contributed by atoms with Crippen molar-refractivity contribution in [2.45, 2.75) is 0 Å². The lowest BCUT2D eigenvalue weighted by Crippen LogP contribution is -2.11. The Bertz CT molecular complexity index is 976. The first-order valence-electron chi connectivity index (χ1n) is 7.55. The van der Waals surface area contributed by atoms with Crippen molar-refractivity contribution in [3.05, 3.63) is 66.4 Å². The van der Waals surface area contributed by atoms with Crippen LogP contribution < -0.4 is 5.32 Å². The van der Waals surface area contributed by atoms with Gasteiger partial charge in [-0.25, -0.2) is 0 Å². The Kier molecular flexibility index (Phi) is 3.76. The molecular weight excluding hydrogens is 318 g/mol. The summed E-state index contributed by atoms with van der Waals surface area (Å²) in [5.74, 6) is 0.318. The standard InChI is InChI=1S/C17H13N7O/c25-17(13-3-1-2-12(10-13)15-8-9-18-20-15)19-14-6-4-11(5-7-14)16-21-23-24-22-16/h1-10H,(H,18,20)(H,19,25)(H,21,22,23,24). The van der Waals surface area contributed by atoms with Gasteiger partial charge in [0.15, 0.2) is 0 Å². The molecule has 2 aromatic carbocycles. The number of benzene rings is 2. The SMILES string of the molecule is O=C(Nc1ccc(-c2nn[nH]n2)cc1)c1cccc(-c2ccn[nH]2)c1. The monoisotopic (exact) mass is 331 g/mol. The number of nitrogens with one attached hydrogen (secondary N) is 3. The molecule has 122 valence electrons. The second-order valence-electron chi connectivity index (χ2n) is 5.32. The molecule has 2 heterocycles. The predicted molar refractivity (Wildman–Crippen MR) is 91.6 cm³/mol. The summed E-state index contributed by atoms with van der Waals surface area (Å²) >= 11 is 0. The molecule has 0 atom stereocenters. The topological polar surface area (TPSA) is 112 Å². The molecule has 1 amide bonds. The van der Waals surface area contributed by atoms with Crippen molar-refractivity contribution in [1.29, 1.82) is 0 Å². The maximum atomic E-state index is 12.5. The van der Waals surface area contributed by atoms with Crippen molar-refractivity contribution < 1.29 is 4.79 Å². The van der Waals surface area contributed by atoms with Crippen LogP contribution in [0.3, 0.4) is 0 Å². The fourth-order valence-corrected chi connectivity index (χ4v) is 2.43. The van der Waals surface area contributed by atoms with Crippen LogP contribution in [-0.4, -0.2) is 36.7 Å². The summed E-state index contributed by atoms with van der Waals surface area (Å²) in [6.45, 7) is 0. The van der Waals surface area contributed by atoms with Crippen LogP contribution in [0.1, 0.15) is 10.4 Å². The number of anilines is 1. The number of tetrazole rings is 1. The van der Waals surface area contributed by atoms with E-state index < -0.39 is 0 Å². The Morgan fingerprint density at radius 2 is 1.88 bits per heavy atom. The molecule has 0 aliphatic heterocycles. The number of carbonyl (C=O) groups is 1. The highest BCUT2D eigenvalue weighted by molar-refractivity contribution is 6.05. The number of nitrogens with zero attached hydrogens (tertiary/aromatic N) is 4. The van der Waals surface area contributed by atoms with E-state index in [0.29, 0.717) is 17.1 Å². The molecule has 0 aliphatic rings. The van der Waals surface area contributed by atoms with Gasteiger partial charge in [0.1, 0.15) is 0 Å². The third-order valence-electron chi connectivity index (χ3n) is 3.68. The molecule has 0 fully saturated rings. The average Bonchev–Trinajstić information content (AvgIpc) is 3.36. The van der Waals surface area contributed by atoms with Crippen molar-refractivity contribution in [2.24, 2.45) is 0 Å². The van der Waals surface area contributed by atoms with Gasteiger partial charge in [-0.15, -0.1) is 10.2 Å². The molecule has 0 aliphatic carbocycles. The summed E-state index contributed by atoms with van der Waals surface area (Å²) in [7, 11) is 0. The van der Waals surface area contributed by atoms with Gasteiger partial charge in [-0.05, 0) is 47.7 Å². The van der Waals surface area contributed by atoms with E-state index >= 15 is 0 Å². The molecule has 4 aromatic rings. The van der Waals surface area contributed by atoms with E-state index in [4.69, 9.17) is 0 Å².